The maximum atomic E-state index is 12.7. The molecular formula is C15H12F2N4O2. The lowest BCUT2D eigenvalue weighted by atomic mass is 9.83. The SMILES string of the molecule is Cc1[nH]nc2c1[C@@H](c1ccccc1OC(F)F)C(C#N)=C(N)O2. The lowest BCUT2D eigenvalue weighted by Crippen LogP contribution is -2.21. The number of aryl methyl sites for hydroxylation is 1. The number of allylic oxidation sites excluding steroid dienone is 1. The number of halogens is 2. The Morgan fingerprint density at radius 2 is 2.17 bits per heavy atom. The molecule has 1 atom stereocenters. The van der Waals surface area contributed by atoms with Crippen LogP contribution in [0, 0.1) is 18.3 Å². The molecule has 1 aromatic carbocycles. The van der Waals surface area contributed by atoms with Gasteiger partial charge in [0.1, 0.15) is 17.4 Å². The molecule has 0 bridgehead atoms. The molecule has 1 aliphatic heterocycles. The van der Waals surface area contributed by atoms with Gasteiger partial charge in [-0.2, -0.15) is 14.0 Å². The highest BCUT2D eigenvalue weighted by atomic mass is 19.3. The molecule has 2 heterocycles. The van der Waals surface area contributed by atoms with Crippen molar-refractivity contribution < 1.29 is 18.3 Å². The van der Waals surface area contributed by atoms with Crippen molar-refractivity contribution in [2.24, 2.45) is 5.73 Å². The molecule has 0 fully saturated rings. The molecule has 0 unspecified atom stereocenters. The second-order valence-corrected chi connectivity index (χ2v) is 4.91. The van der Waals surface area contributed by atoms with E-state index in [1.165, 1.54) is 6.07 Å². The second-order valence-electron chi connectivity index (χ2n) is 4.91. The van der Waals surface area contributed by atoms with E-state index >= 15 is 0 Å². The number of aromatic amines is 1. The van der Waals surface area contributed by atoms with Crippen LogP contribution in [-0.4, -0.2) is 16.8 Å². The third-order valence-electron chi connectivity index (χ3n) is 3.58. The summed E-state index contributed by atoms with van der Waals surface area (Å²) < 4.78 is 35.3. The Balaban J connectivity index is 2.22. The third kappa shape index (κ3) is 2.46. The zero-order chi connectivity index (χ0) is 16.6. The first-order valence-corrected chi connectivity index (χ1v) is 6.69. The van der Waals surface area contributed by atoms with Gasteiger partial charge in [-0.1, -0.05) is 18.2 Å². The van der Waals surface area contributed by atoms with Crippen molar-refractivity contribution in [2.45, 2.75) is 19.5 Å². The van der Waals surface area contributed by atoms with Crippen LogP contribution in [0.5, 0.6) is 11.6 Å². The van der Waals surface area contributed by atoms with Crippen LogP contribution in [-0.2, 0) is 0 Å². The molecule has 23 heavy (non-hydrogen) atoms. The molecule has 3 rings (SSSR count). The van der Waals surface area contributed by atoms with Crippen LogP contribution < -0.4 is 15.2 Å². The highest BCUT2D eigenvalue weighted by Gasteiger charge is 2.36. The van der Waals surface area contributed by atoms with Crippen molar-refractivity contribution in [1.82, 2.24) is 10.2 Å². The van der Waals surface area contributed by atoms with Crippen LogP contribution in [0.4, 0.5) is 8.78 Å². The molecule has 118 valence electrons. The number of H-pyrrole nitrogens is 1. The fourth-order valence-corrected chi connectivity index (χ4v) is 2.63. The number of ether oxygens (including phenoxy) is 2. The van der Waals surface area contributed by atoms with E-state index in [-0.39, 0.29) is 23.1 Å². The predicted octanol–water partition coefficient (Wildman–Crippen LogP) is 2.54. The maximum Gasteiger partial charge on any atom is 0.387 e. The van der Waals surface area contributed by atoms with Crippen molar-refractivity contribution in [3.05, 3.63) is 52.5 Å². The number of alkyl halides is 2. The molecule has 1 aliphatic rings. The van der Waals surface area contributed by atoms with Gasteiger partial charge in [-0.3, -0.25) is 5.10 Å². The second kappa shape index (κ2) is 5.61. The number of aromatic nitrogens is 2. The van der Waals surface area contributed by atoms with Gasteiger partial charge in [0.15, 0.2) is 0 Å². The summed E-state index contributed by atoms with van der Waals surface area (Å²) in [5.41, 5.74) is 7.51. The number of nitrogens with one attached hydrogen (secondary N) is 1. The molecule has 0 aliphatic carbocycles. The Morgan fingerprint density at radius 3 is 2.87 bits per heavy atom. The highest BCUT2D eigenvalue weighted by Crippen LogP contribution is 2.45. The molecular weight excluding hydrogens is 306 g/mol. The molecule has 2 aromatic rings. The van der Waals surface area contributed by atoms with Crippen molar-refractivity contribution >= 4 is 0 Å². The fraction of sp³-hybridized carbons (Fsp3) is 0.200. The number of hydrogen-bond acceptors (Lipinski definition) is 5. The van der Waals surface area contributed by atoms with Gasteiger partial charge in [-0.15, -0.1) is 5.10 Å². The normalized spacial score (nSPS) is 16.7. The summed E-state index contributed by atoms with van der Waals surface area (Å²) in [5.74, 6) is -0.613. The average Bonchev–Trinajstić information content (AvgIpc) is 2.87. The molecule has 0 radical (unpaired) electrons. The van der Waals surface area contributed by atoms with E-state index < -0.39 is 12.5 Å². The molecule has 0 saturated heterocycles. The van der Waals surface area contributed by atoms with E-state index in [4.69, 9.17) is 10.5 Å². The Morgan fingerprint density at radius 1 is 1.43 bits per heavy atom. The van der Waals surface area contributed by atoms with E-state index in [0.717, 1.165) is 0 Å². The van der Waals surface area contributed by atoms with Crippen LogP contribution in [0.25, 0.3) is 0 Å². The summed E-state index contributed by atoms with van der Waals surface area (Å²) in [4.78, 5) is 0. The zero-order valence-electron chi connectivity index (χ0n) is 12.0. The summed E-state index contributed by atoms with van der Waals surface area (Å²) in [6.45, 7) is -1.23. The zero-order valence-corrected chi connectivity index (χ0v) is 12.0. The average molecular weight is 318 g/mol. The number of fused-ring (bicyclic) bond motifs is 1. The Hall–Kier alpha value is -3.08. The lowest BCUT2D eigenvalue weighted by molar-refractivity contribution is -0.0504. The van der Waals surface area contributed by atoms with Gasteiger partial charge < -0.3 is 15.2 Å². The lowest BCUT2D eigenvalue weighted by Gasteiger charge is -2.25. The van der Waals surface area contributed by atoms with Crippen LogP contribution in [0.15, 0.2) is 35.7 Å². The molecule has 6 nitrogen and oxygen atoms in total. The maximum absolute atomic E-state index is 12.7. The summed E-state index contributed by atoms with van der Waals surface area (Å²) in [6.07, 6.45) is 0. The molecule has 0 spiro atoms. The summed E-state index contributed by atoms with van der Waals surface area (Å²) >= 11 is 0. The number of para-hydroxylation sites is 1. The number of benzene rings is 1. The molecule has 3 N–H and O–H groups in total. The number of nitriles is 1. The summed E-state index contributed by atoms with van der Waals surface area (Å²) in [7, 11) is 0. The fourth-order valence-electron chi connectivity index (χ4n) is 2.63. The van der Waals surface area contributed by atoms with E-state index in [1.807, 2.05) is 6.07 Å². The van der Waals surface area contributed by atoms with Gasteiger partial charge in [0.05, 0.1) is 5.92 Å². The molecule has 0 saturated carbocycles. The predicted molar refractivity (Wildman–Crippen MR) is 75.7 cm³/mol. The van der Waals surface area contributed by atoms with E-state index in [1.54, 1.807) is 25.1 Å². The van der Waals surface area contributed by atoms with E-state index in [2.05, 4.69) is 14.9 Å². The minimum atomic E-state index is -2.98. The third-order valence-corrected chi connectivity index (χ3v) is 3.58. The Kier molecular flexibility index (Phi) is 3.62. The van der Waals surface area contributed by atoms with Crippen molar-refractivity contribution in [1.29, 1.82) is 5.26 Å². The molecule has 0 amide bonds. The minimum Gasteiger partial charge on any atom is -0.435 e. The first-order chi connectivity index (χ1) is 11.0. The van der Waals surface area contributed by atoms with Gasteiger partial charge in [0.2, 0.25) is 11.8 Å². The number of hydrogen-bond donors (Lipinski definition) is 2. The van der Waals surface area contributed by atoms with Gasteiger partial charge in [-0.05, 0) is 13.0 Å². The smallest absolute Gasteiger partial charge is 0.387 e. The van der Waals surface area contributed by atoms with E-state index in [0.29, 0.717) is 16.8 Å². The monoisotopic (exact) mass is 318 g/mol. The summed E-state index contributed by atoms with van der Waals surface area (Å²) in [5, 5.41) is 16.2. The van der Waals surface area contributed by atoms with Crippen molar-refractivity contribution in [3.8, 4) is 17.7 Å². The Labute approximate surface area is 130 Å². The summed E-state index contributed by atoms with van der Waals surface area (Å²) in [6, 6.07) is 8.25. The Bertz CT molecular complexity index is 823. The number of rotatable bonds is 3. The van der Waals surface area contributed by atoms with Crippen molar-refractivity contribution in [3.63, 3.8) is 0 Å². The number of nitrogens with two attached hydrogens (primary N) is 1. The van der Waals surface area contributed by atoms with Crippen LogP contribution >= 0.6 is 0 Å². The van der Waals surface area contributed by atoms with Crippen molar-refractivity contribution in [2.75, 3.05) is 0 Å². The quantitative estimate of drug-likeness (QED) is 0.906. The van der Waals surface area contributed by atoms with Crippen LogP contribution in [0.2, 0.25) is 0 Å². The van der Waals surface area contributed by atoms with Gasteiger partial charge in [0, 0.05) is 16.8 Å². The topological polar surface area (TPSA) is 97.0 Å². The van der Waals surface area contributed by atoms with Crippen LogP contribution in [0.3, 0.4) is 0 Å². The minimum absolute atomic E-state index is 0.0264. The van der Waals surface area contributed by atoms with Gasteiger partial charge in [0.25, 0.3) is 0 Å². The van der Waals surface area contributed by atoms with E-state index in [9.17, 15) is 14.0 Å². The highest BCUT2D eigenvalue weighted by molar-refractivity contribution is 5.57. The number of nitrogens with zero attached hydrogens (tertiary/aromatic N) is 2. The molecule has 1 aromatic heterocycles. The van der Waals surface area contributed by atoms with Crippen LogP contribution in [0.1, 0.15) is 22.7 Å². The molecule has 8 heteroatoms. The largest absolute Gasteiger partial charge is 0.435 e. The standard InChI is InChI=1S/C15H12F2N4O2/c1-7-11-12(8-4-2-3-5-10(8)22-15(16)17)9(6-18)13(19)23-14(11)21-20-7/h2-5,12,15H,19H2,1H3,(H,20,21)/t12-/m0/s1. The first kappa shape index (κ1) is 14.8. The van der Waals surface area contributed by atoms with Gasteiger partial charge in [-0.25, -0.2) is 0 Å². The van der Waals surface area contributed by atoms with Gasteiger partial charge >= 0.3 is 6.61 Å². The first-order valence-electron chi connectivity index (χ1n) is 6.69.